The van der Waals surface area contributed by atoms with E-state index in [-0.39, 0.29) is 0 Å². The fraction of sp³-hybridized carbons (Fsp3) is 0. The largest absolute Gasteiger partial charge is 0.455 e. The molecule has 0 aliphatic carbocycles. The van der Waals surface area contributed by atoms with E-state index in [1.165, 1.54) is 25.6 Å². The quantitative estimate of drug-likeness (QED) is 0.170. The molecule has 7 aromatic carbocycles. The maximum Gasteiger partial charge on any atom is 0.164 e. The van der Waals surface area contributed by atoms with E-state index in [9.17, 15) is 0 Å². The SMILES string of the molecule is Ic1cc(-c2nc(-c3ccc4ccccc4c3)nc(-c3cccc4sc5ccccc5c34)n2)c2c(c1)oc1c3ccccc3ccc12. The van der Waals surface area contributed by atoms with Gasteiger partial charge in [0.15, 0.2) is 17.5 Å². The van der Waals surface area contributed by atoms with Crippen LogP contribution in [-0.2, 0) is 0 Å². The highest BCUT2D eigenvalue weighted by atomic mass is 127. The number of furan rings is 1. The van der Waals surface area contributed by atoms with Crippen molar-refractivity contribution in [3.63, 3.8) is 0 Å². The second-order valence-electron chi connectivity index (χ2n) is 11.7. The van der Waals surface area contributed by atoms with Gasteiger partial charge in [0, 0.05) is 56.6 Å². The first kappa shape index (κ1) is 27.0. The lowest BCUT2D eigenvalue weighted by Crippen LogP contribution is -2.01. The van der Waals surface area contributed by atoms with Gasteiger partial charge in [0.05, 0.1) is 0 Å². The van der Waals surface area contributed by atoms with E-state index in [0.29, 0.717) is 17.5 Å². The minimum Gasteiger partial charge on any atom is -0.455 e. The van der Waals surface area contributed by atoms with Crippen LogP contribution in [-0.4, -0.2) is 15.0 Å². The fourth-order valence-electron chi connectivity index (χ4n) is 6.81. The van der Waals surface area contributed by atoms with Gasteiger partial charge < -0.3 is 4.42 Å². The van der Waals surface area contributed by atoms with Gasteiger partial charge in [-0.1, -0.05) is 97.1 Å². The maximum absolute atomic E-state index is 6.61. The van der Waals surface area contributed by atoms with E-state index in [1.807, 2.05) is 0 Å². The zero-order valence-electron chi connectivity index (χ0n) is 24.7. The van der Waals surface area contributed by atoms with Gasteiger partial charge in [0.25, 0.3) is 0 Å². The highest BCUT2D eigenvalue weighted by molar-refractivity contribution is 14.1. The van der Waals surface area contributed by atoms with Gasteiger partial charge in [-0.25, -0.2) is 15.0 Å². The van der Waals surface area contributed by atoms with Crippen molar-refractivity contribution in [3.8, 4) is 34.2 Å². The minimum atomic E-state index is 0.620. The number of halogens is 1. The van der Waals surface area contributed by atoms with Crippen LogP contribution in [0.2, 0.25) is 0 Å². The number of rotatable bonds is 3. The Morgan fingerprint density at radius 3 is 2.09 bits per heavy atom. The molecule has 4 nitrogen and oxygen atoms in total. The summed E-state index contributed by atoms with van der Waals surface area (Å²) in [5.41, 5.74) is 4.56. The molecule has 0 bridgehead atoms. The van der Waals surface area contributed by atoms with Crippen LogP contribution in [0.5, 0.6) is 0 Å². The first-order valence-corrected chi connectivity index (χ1v) is 17.3. The Morgan fingerprint density at radius 1 is 0.489 bits per heavy atom. The predicted octanol–water partition coefficient (Wildman–Crippen LogP) is 12.1. The van der Waals surface area contributed by atoms with Gasteiger partial charge >= 0.3 is 0 Å². The van der Waals surface area contributed by atoms with Gasteiger partial charge in [0.1, 0.15) is 11.2 Å². The van der Waals surface area contributed by atoms with Crippen LogP contribution < -0.4 is 0 Å². The molecule has 3 heterocycles. The summed E-state index contributed by atoms with van der Waals surface area (Å²) in [5.74, 6) is 1.91. The Kier molecular flexibility index (Phi) is 5.98. The summed E-state index contributed by atoms with van der Waals surface area (Å²) in [6.07, 6.45) is 0. The topological polar surface area (TPSA) is 51.8 Å². The maximum atomic E-state index is 6.61. The van der Waals surface area contributed by atoms with Gasteiger partial charge in [-0.2, -0.15) is 0 Å². The van der Waals surface area contributed by atoms with E-state index in [4.69, 9.17) is 19.4 Å². The van der Waals surface area contributed by atoms with Crippen LogP contribution in [0.4, 0.5) is 0 Å². The molecule has 0 amide bonds. The van der Waals surface area contributed by atoms with Crippen molar-refractivity contribution in [2.24, 2.45) is 0 Å². The number of hydrogen-bond acceptors (Lipinski definition) is 5. The van der Waals surface area contributed by atoms with E-state index in [1.54, 1.807) is 11.3 Å². The number of thiophene rings is 1. The molecule has 10 aromatic rings. The van der Waals surface area contributed by atoms with Crippen molar-refractivity contribution in [2.45, 2.75) is 0 Å². The molecule has 6 heteroatoms. The normalized spacial score (nSPS) is 11.9. The van der Waals surface area contributed by atoms with Gasteiger partial charge in [-0.3, -0.25) is 0 Å². The summed E-state index contributed by atoms with van der Waals surface area (Å²) in [7, 11) is 0. The van der Waals surface area contributed by atoms with Crippen molar-refractivity contribution < 1.29 is 4.42 Å². The molecule has 0 saturated carbocycles. The summed E-state index contributed by atoms with van der Waals surface area (Å²) in [6, 6.07) is 46.7. The Labute approximate surface area is 286 Å². The molecule has 220 valence electrons. The van der Waals surface area contributed by atoms with Crippen LogP contribution in [0.1, 0.15) is 0 Å². The third-order valence-corrected chi connectivity index (χ3v) is 10.7. The number of aromatic nitrogens is 3. The van der Waals surface area contributed by atoms with E-state index in [2.05, 4.69) is 156 Å². The molecule has 3 aromatic heterocycles. The van der Waals surface area contributed by atoms with E-state index < -0.39 is 0 Å². The highest BCUT2D eigenvalue weighted by Gasteiger charge is 2.21. The zero-order valence-corrected chi connectivity index (χ0v) is 27.7. The standard InChI is InChI=1S/C41H22IN3OS/c42-27-21-32(36-30-19-18-24-9-3-4-11-28(24)38(30)46-33(36)22-27)41-44-39(26-17-16-23-8-1-2-10-25(23)20-26)43-40(45-41)31-13-7-15-35-37(31)29-12-5-6-14-34(29)47-35/h1-22H. The van der Waals surface area contributed by atoms with Gasteiger partial charge in [-0.15, -0.1) is 11.3 Å². The molecule has 0 fully saturated rings. The second kappa shape index (κ2) is 10.4. The van der Waals surface area contributed by atoms with Gasteiger partial charge in [-0.05, 0) is 75.1 Å². The molecule has 0 aliphatic heterocycles. The number of nitrogens with zero attached hydrogens (tertiary/aromatic N) is 3. The van der Waals surface area contributed by atoms with Gasteiger partial charge in [0.2, 0.25) is 0 Å². The molecule has 0 N–H and O–H groups in total. The van der Waals surface area contributed by atoms with Crippen LogP contribution in [0.15, 0.2) is 138 Å². The minimum absolute atomic E-state index is 0.620. The molecule has 0 aliphatic rings. The third kappa shape index (κ3) is 4.28. The Balaban J connectivity index is 1.30. The monoisotopic (exact) mass is 731 g/mol. The summed E-state index contributed by atoms with van der Waals surface area (Å²) >= 11 is 4.16. The molecule has 0 spiro atoms. The van der Waals surface area contributed by atoms with E-state index in [0.717, 1.165) is 58.4 Å². The Morgan fingerprint density at radius 2 is 1.19 bits per heavy atom. The average Bonchev–Trinajstić information content (AvgIpc) is 3.69. The lowest BCUT2D eigenvalue weighted by atomic mass is 10.0. The number of benzene rings is 7. The Hall–Kier alpha value is -5.18. The van der Waals surface area contributed by atoms with Crippen molar-refractivity contribution >= 4 is 97.6 Å². The van der Waals surface area contributed by atoms with Crippen LogP contribution in [0, 0.1) is 3.57 Å². The summed E-state index contributed by atoms with van der Waals surface area (Å²) in [6.45, 7) is 0. The molecule has 0 unspecified atom stereocenters. The molecule has 0 atom stereocenters. The highest BCUT2D eigenvalue weighted by Crippen LogP contribution is 2.42. The average molecular weight is 732 g/mol. The lowest BCUT2D eigenvalue weighted by Gasteiger charge is -2.11. The van der Waals surface area contributed by atoms with Crippen molar-refractivity contribution in [2.75, 3.05) is 0 Å². The van der Waals surface area contributed by atoms with Crippen molar-refractivity contribution in [3.05, 3.63) is 137 Å². The van der Waals surface area contributed by atoms with Crippen LogP contribution in [0.25, 0.3) is 97.8 Å². The number of fused-ring (bicyclic) bond motifs is 9. The first-order chi connectivity index (χ1) is 23.2. The van der Waals surface area contributed by atoms with E-state index >= 15 is 0 Å². The molecule has 0 radical (unpaired) electrons. The lowest BCUT2D eigenvalue weighted by molar-refractivity contribution is 0.672. The molecular formula is C41H22IN3OS. The fourth-order valence-corrected chi connectivity index (χ4v) is 8.54. The van der Waals surface area contributed by atoms with Crippen LogP contribution in [0.3, 0.4) is 0 Å². The first-order valence-electron chi connectivity index (χ1n) is 15.4. The molecule has 10 rings (SSSR count). The van der Waals surface area contributed by atoms with Crippen molar-refractivity contribution in [1.29, 1.82) is 0 Å². The second-order valence-corrected chi connectivity index (χ2v) is 14.1. The third-order valence-electron chi connectivity index (χ3n) is 8.96. The summed E-state index contributed by atoms with van der Waals surface area (Å²) in [5, 5.41) is 8.99. The molecule has 0 saturated heterocycles. The Bertz CT molecular complexity index is 2890. The number of hydrogen-bond donors (Lipinski definition) is 0. The summed E-state index contributed by atoms with van der Waals surface area (Å²) in [4.78, 5) is 15.7. The molecular weight excluding hydrogens is 709 g/mol. The summed E-state index contributed by atoms with van der Waals surface area (Å²) < 4.78 is 10.1. The predicted molar refractivity (Wildman–Crippen MR) is 204 cm³/mol. The van der Waals surface area contributed by atoms with Crippen molar-refractivity contribution in [1.82, 2.24) is 15.0 Å². The smallest absolute Gasteiger partial charge is 0.164 e. The zero-order chi connectivity index (χ0) is 31.1. The molecule has 47 heavy (non-hydrogen) atoms. The van der Waals surface area contributed by atoms with Crippen LogP contribution >= 0.6 is 33.9 Å².